The number of benzene rings is 1. The zero-order valence-corrected chi connectivity index (χ0v) is 23.6. The molecule has 40 heavy (non-hydrogen) atoms. The first-order chi connectivity index (χ1) is 19.5. The number of nitrogens with zero attached hydrogens (tertiary/aromatic N) is 4. The van der Waals surface area contributed by atoms with E-state index < -0.39 is 0 Å². The number of fused-ring (bicyclic) bond motifs is 1. The number of alkyl carbamates (subject to hydrolysis) is 1. The molecular formula is C31H40N6O3. The first kappa shape index (κ1) is 27.8. The summed E-state index contributed by atoms with van der Waals surface area (Å²) in [4.78, 5) is 39.2. The number of hydrogen-bond donors (Lipinski definition) is 2. The summed E-state index contributed by atoms with van der Waals surface area (Å²) in [7, 11) is 2.14. The lowest BCUT2D eigenvalue weighted by molar-refractivity contribution is 0.0942. The number of para-hydroxylation sites is 1. The van der Waals surface area contributed by atoms with Gasteiger partial charge in [-0.15, -0.1) is 0 Å². The Hall–Kier alpha value is -3.72. The monoisotopic (exact) mass is 544 g/mol. The number of nitrogens with one attached hydrogen (secondary N) is 2. The fourth-order valence-corrected chi connectivity index (χ4v) is 5.65. The maximum absolute atomic E-state index is 13.4. The molecule has 3 aromatic rings. The van der Waals surface area contributed by atoms with Gasteiger partial charge in [-0.25, -0.2) is 14.8 Å². The molecule has 5 rings (SSSR count). The van der Waals surface area contributed by atoms with Crippen LogP contribution < -0.4 is 15.5 Å². The van der Waals surface area contributed by atoms with E-state index in [1.54, 1.807) is 6.92 Å². The molecule has 2 aromatic heterocycles. The molecule has 3 heterocycles. The Bertz CT molecular complexity index is 1300. The van der Waals surface area contributed by atoms with E-state index in [4.69, 9.17) is 14.7 Å². The lowest BCUT2D eigenvalue weighted by atomic mass is 9.82. The number of amides is 2. The highest BCUT2D eigenvalue weighted by Crippen LogP contribution is 2.29. The molecular weight excluding hydrogens is 504 g/mol. The highest BCUT2D eigenvalue weighted by atomic mass is 16.5. The van der Waals surface area contributed by atoms with E-state index >= 15 is 0 Å². The normalized spacial score (nSPS) is 19.8. The van der Waals surface area contributed by atoms with Gasteiger partial charge in [0.05, 0.1) is 23.4 Å². The Balaban J connectivity index is 1.22. The van der Waals surface area contributed by atoms with E-state index in [2.05, 4.69) is 39.6 Å². The van der Waals surface area contributed by atoms with Crippen LogP contribution in [0.15, 0.2) is 48.7 Å². The number of hydrogen-bond acceptors (Lipinski definition) is 7. The van der Waals surface area contributed by atoms with Crippen molar-refractivity contribution in [3.05, 3.63) is 54.2 Å². The minimum Gasteiger partial charge on any atom is -0.450 e. The molecule has 1 saturated heterocycles. The van der Waals surface area contributed by atoms with Gasteiger partial charge >= 0.3 is 6.09 Å². The Morgan fingerprint density at radius 1 is 0.950 bits per heavy atom. The molecule has 0 bridgehead atoms. The quantitative estimate of drug-likeness (QED) is 0.435. The Labute approximate surface area is 236 Å². The van der Waals surface area contributed by atoms with Crippen molar-refractivity contribution in [2.24, 2.45) is 11.8 Å². The van der Waals surface area contributed by atoms with Crippen molar-refractivity contribution >= 4 is 28.7 Å². The van der Waals surface area contributed by atoms with E-state index in [9.17, 15) is 9.59 Å². The van der Waals surface area contributed by atoms with Crippen LogP contribution in [0.25, 0.3) is 22.2 Å². The molecule has 1 aliphatic heterocycles. The van der Waals surface area contributed by atoms with Crippen LogP contribution in [0.5, 0.6) is 0 Å². The number of ether oxygens (including phenoxy) is 1. The predicted octanol–water partition coefficient (Wildman–Crippen LogP) is 4.33. The van der Waals surface area contributed by atoms with Crippen molar-refractivity contribution in [1.29, 1.82) is 0 Å². The second-order valence-electron chi connectivity index (χ2n) is 11.0. The zero-order valence-electron chi connectivity index (χ0n) is 23.6. The molecule has 1 saturated carbocycles. The maximum Gasteiger partial charge on any atom is 0.407 e. The van der Waals surface area contributed by atoms with Crippen LogP contribution in [0, 0.1) is 11.8 Å². The van der Waals surface area contributed by atoms with Crippen molar-refractivity contribution in [2.45, 2.75) is 32.6 Å². The van der Waals surface area contributed by atoms with Crippen molar-refractivity contribution in [2.75, 3.05) is 57.8 Å². The second kappa shape index (κ2) is 13.1. The van der Waals surface area contributed by atoms with E-state index in [0.29, 0.717) is 37.1 Å². The molecule has 2 aliphatic rings. The summed E-state index contributed by atoms with van der Waals surface area (Å²) < 4.78 is 4.95. The van der Waals surface area contributed by atoms with Crippen LogP contribution in [0.4, 0.5) is 10.6 Å². The largest absolute Gasteiger partial charge is 0.450 e. The summed E-state index contributed by atoms with van der Waals surface area (Å²) >= 11 is 0. The van der Waals surface area contributed by atoms with E-state index in [1.807, 2.05) is 36.5 Å². The number of rotatable bonds is 8. The van der Waals surface area contributed by atoms with Gasteiger partial charge in [0.25, 0.3) is 5.91 Å². The SMILES string of the molecule is CCOC(=O)NCC1CCC(CNC(=O)c2cc(-c3ccc(N4CCN(C)CC4)nc3)nc3ccccc23)CC1. The van der Waals surface area contributed by atoms with Crippen molar-refractivity contribution < 1.29 is 14.3 Å². The van der Waals surface area contributed by atoms with Gasteiger partial charge in [-0.1, -0.05) is 18.2 Å². The molecule has 212 valence electrons. The van der Waals surface area contributed by atoms with Crippen LogP contribution >= 0.6 is 0 Å². The van der Waals surface area contributed by atoms with Gasteiger partial charge in [-0.2, -0.15) is 0 Å². The van der Waals surface area contributed by atoms with Gasteiger partial charge in [-0.3, -0.25) is 4.79 Å². The van der Waals surface area contributed by atoms with Crippen molar-refractivity contribution in [3.63, 3.8) is 0 Å². The molecule has 9 heteroatoms. The molecule has 1 aromatic carbocycles. The van der Waals surface area contributed by atoms with Gasteiger partial charge in [0, 0.05) is 56.4 Å². The minimum atomic E-state index is -0.345. The molecule has 0 radical (unpaired) electrons. The van der Waals surface area contributed by atoms with Crippen molar-refractivity contribution in [3.8, 4) is 11.3 Å². The summed E-state index contributed by atoms with van der Waals surface area (Å²) in [5, 5.41) is 6.89. The summed E-state index contributed by atoms with van der Waals surface area (Å²) in [5.41, 5.74) is 3.07. The van der Waals surface area contributed by atoms with Gasteiger partial charge in [0.2, 0.25) is 0 Å². The zero-order chi connectivity index (χ0) is 27.9. The third-order valence-corrected chi connectivity index (χ3v) is 8.16. The van der Waals surface area contributed by atoms with Crippen LogP contribution in [-0.2, 0) is 4.74 Å². The number of carbonyl (C=O) groups is 2. The highest BCUT2D eigenvalue weighted by molar-refractivity contribution is 6.07. The van der Waals surface area contributed by atoms with Gasteiger partial charge in [0.1, 0.15) is 5.82 Å². The summed E-state index contributed by atoms with van der Waals surface area (Å²) in [5.74, 6) is 1.79. The second-order valence-corrected chi connectivity index (χ2v) is 11.0. The first-order valence-electron chi connectivity index (χ1n) is 14.5. The van der Waals surface area contributed by atoms with Gasteiger partial charge in [0.15, 0.2) is 0 Å². The molecule has 2 amide bonds. The smallest absolute Gasteiger partial charge is 0.407 e. The Kier molecular flexibility index (Phi) is 9.11. The van der Waals surface area contributed by atoms with Gasteiger partial charge < -0.3 is 25.2 Å². The fourth-order valence-electron chi connectivity index (χ4n) is 5.65. The highest BCUT2D eigenvalue weighted by Gasteiger charge is 2.23. The lowest BCUT2D eigenvalue weighted by Gasteiger charge is -2.33. The lowest BCUT2D eigenvalue weighted by Crippen LogP contribution is -2.44. The average Bonchev–Trinajstić information content (AvgIpc) is 2.99. The van der Waals surface area contributed by atoms with Crippen LogP contribution in [-0.4, -0.2) is 79.8 Å². The first-order valence-corrected chi connectivity index (χ1v) is 14.5. The minimum absolute atomic E-state index is 0.0760. The van der Waals surface area contributed by atoms with Crippen LogP contribution in [0.1, 0.15) is 43.0 Å². The summed E-state index contributed by atoms with van der Waals surface area (Å²) in [6.07, 6.45) is 5.65. The predicted molar refractivity (Wildman–Crippen MR) is 157 cm³/mol. The molecule has 0 spiro atoms. The molecule has 1 aliphatic carbocycles. The van der Waals surface area contributed by atoms with Gasteiger partial charge in [-0.05, 0) is 75.8 Å². The topological polar surface area (TPSA) is 99.7 Å². The third kappa shape index (κ3) is 6.88. The summed E-state index contributed by atoms with van der Waals surface area (Å²) in [6, 6.07) is 13.8. The molecule has 2 fully saturated rings. The number of piperazine rings is 1. The Morgan fingerprint density at radius 3 is 2.33 bits per heavy atom. The number of carbonyl (C=O) groups excluding carboxylic acids is 2. The third-order valence-electron chi connectivity index (χ3n) is 8.16. The molecule has 9 nitrogen and oxygen atoms in total. The molecule has 2 N–H and O–H groups in total. The van der Waals surface area contributed by atoms with E-state index in [-0.39, 0.29) is 12.0 Å². The number of aromatic nitrogens is 2. The molecule has 0 atom stereocenters. The maximum atomic E-state index is 13.4. The fraction of sp³-hybridized carbons (Fsp3) is 0.484. The van der Waals surface area contributed by atoms with E-state index in [0.717, 1.165) is 79.8 Å². The average molecular weight is 545 g/mol. The van der Waals surface area contributed by atoms with Crippen LogP contribution in [0.3, 0.4) is 0 Å². The number of pyridine rings is 2. The van der Waals surface area contributed by atoms with Crippen molar-refractivity contribution in [1.82, 2.24) is 25.5 Å². The van der Waals surface area contributed by atoms with Crippen LogP contribution in [0.2, 0.25) is 0 Å². The number of likely N-dealkylation sites (N-methyl/N-ethyl adjacent to an activating group) is 1. The molecule has 0 unspecified atom stereocenters. The standard InChI is InChI=1S/C31H40N6O3/c1-3-40-31(39)34-20-23-10-8-22(9-11-23)19-33-30(38)26-18-28(35-27-7-5-4-6-25(26)27)24-12-13-29(32-21-24)37-16-14-36(2)15-17-37/h4-7,12-13,18,21-23H,3,8-11,14-17,19-20H2,1-2H3,(H,33,38)(H,34,39). The number of anilines is 1. The summed E-state index contributed by atoms with van der Waals surface area (Å²) in [6.45, 7) is 7.47. The van der Waals surface area contributed by atoms with E-state index in [1.165, 1.54) is 0 Å². The Morgan fingerprint density at radius 2 is 1.65 bits per heavy atom.